The molecule has 0 aliphatic carbocycles. The van der Waals surface area contributed by atoms with Crippen LogP contribution in [-0.4, -0.2) is 50.1 Å². The molecule has 6 nitrogen and oxygen atoms in total. The van der Waals surface area contributed by atoms with Crippen LogP contribution in [-0.2, 0) is 11.3 Å². The van der Waals surface area contributed by atoms with Crippen LogP contribution in [0.1, 0.15) is 25.1 Å². The van der Waals surface area contributed by atoms with Gasteiger partial charge in [-0.3, -0.25) is 9.79 Å². The van der Waals surface area contributed by atoms with Gasteiger partial charge in [0, 0.05) is 37.0 Å². The van der Waals surface area contributed by atoms with Crippen LogP contribution in [0.5, 0.6) is 5.75 Å². The Hall–Kier alpha value is -1.81. The number of ether oxygens (including phenoxy) is 1. The van der Waals surface area contributed by atoms with Crippen LogP contribution < -0.4 is 15.4 Å². The smallest absolute Gasteiger partial charge is 0.225 e. The quantitative estimate of drug-likeness (QED) is 0.330. The molecule has 1 atom stereocenters. The molecule has 0 radical (unpaired) electrons. The van der Waals surface area contributed by atoms with Crippen molar-refractivity contribution in [3.63, 3.8) is 0 Å². The van der Waals surface area contributed by atoms with Crippen molar-refractivity contribution in [2.45, 2.75) is 32.9 Å². The Balaban J connectivity index is 0.00000320. The van der Waals surface area contributed by atoms with Crippen molar-refractivity contribution in [1.29, 1.82) is 0 Å². The lowest BCUT2D eigenvalue weighted by atomic mass is 10.1. The maximum absolute atomic E-state index is 12.2. The summed E-state index contributed by atoms with van der Waals surface area (Å²) in [4.78, 5) is 19.7. The summed E-state index contributed by atoms with van der Waals surface area (Å²) in [5, 5.41) is 9.00. The zero-order valence-corrected chi connectivity index (χ0v) is 21.1. The van der Waals surface area contributed by atoms with Crippen LogP contribution in [0.25, 0.3) is 11.1 Å². The van der Waals surface area contributed by atoms with Gasteiger partial charge in [-0.25, -0.2) is 0 Å². The molecule has 1 aliphatic rings. The lowest BCUT2D eigenvalue weighted by Gasteiger charge is -2.20. The van der Waals surface area contributed by atoms with Gasteiger partial charge in [0.25, 0.3) is 0 Å². The van der Waals surface area contributed by atoms with E-state index >= 15 is 0 Å². The van der Waals surface area contributed by atoms with Crippen molar-refractivity contribution in [2.75, 3.05) is 27.2 Å². The second-order valence-corrected chi connectivity index (χ2v) is 8.52. The van der Waals surface area contributed by atoms with Crippen LogP contribution in [0.15, 0.2) is 40.7 Å². The van der Waals surface area contributed by atoms with Crippen LogP contribution in [0.2, 0.25) is 0 Å². The van der Waals surface area contributed by atoms with Gasteiger partial charge in [-0.2, -0.15) is 0 Å². The van der Waals surface area contributed by atoms with Crippen molar-refractivity contribution in [2.24, 2.45) is 10.9 Å². The molecule has 2 aromatic rings. The predicted octanol–water partition coefficient (Wildman–Crippen LogP) is 3.96. The molecule has 1 amide bonds. The van der Waals surface area contributed by atoms with E-state index in [4.69, 9.17) is 4.74 Å². The minimum atomic E-state index is 0. The summed E-state index contributed by atoms with van der Waals surface area (Å²) in [6.07, 6.45) is 0.944. The number of rotatable bonds is 6. The largest absolute Gasteiger partial charge is 0.497 e. The van der Waals surface area contributed by atoms with Crippen LogP contribution >= 0.6 is 35.3 Å². The van der Waals surface area contributed by atoms with Gasteiger partial charge < -0.3 is 20.3 Å². The minimum absolute atomic E-state index is 0. The molecular formula is C22H31IN4O2S. The van der Waals surface area contributed by atoms with E-state index < -0.39 is 0 Å². The van der Waals surface area contributed by atoms with Crippen LogP contribution in [0, 0.1) is 5.92 Å². The fourth-order valence-corrected chi connectivity index (χ4v) is 4.24. The molecule has 30 heavy (non-hydrogen) atoms. The highest BCUT2D eigenvalue weighted by atomic mass is 127. The van der Waals surface area contributed by atoms with E-state index in [9.17, 15) is 4.79 Å². The van der Waals surface area contributed by atoms with Crippen molar-refractivity contribution >= 4 is 47.2 Å². The summed E-state index contributed by atoms with van der Waals surface area (Å²) in [6, 6.07) is 10.5. The fraction of sp³-hybridized carbons (Fsp3) is 0.455. The molecule has 1 aromatic heterocycles. The Kier molecular flexibility index (Phi) is 9.41. The average Bonchev–Trinajstić information content (AvgIpc) is 3.40. The summed E-state index contributed by atoms with van der Waals surface area (Å²) in [5.41, 5.74) is 2.38. The highest BCUT2D eigenvalue weighted by Crippen LogP contribution is 2.27. The van der Waals surface area contributed by atoms with E-state index in [-0.39, 0.29) is 41.8 Å². The number of guanidine groups is 1. The SMILES string of the molecule is CN=C(NCc1cc(-c2ccc(OC)cc2)cs1)NC1CCN(C(=O)C(C)C)C1.I. The first kappa shape index (κ1) is 24.5. The monoisotopic (exact) mass is 542 g/mol. The van der Waals surface area contributed by atoms with Crippen molar-refractivity contribution < 1.29 is 9.53 Å². The molecule has 0 bridgehead atoms. The molecule has 1 aliphatic heterocycles. The zero-order valence-electron chi connectivity index (χ0n) is 18.0. The van der Waals surface area contributed by atoms with Gasteiger partial charge in [0.2, 0.25) is 5.91 Å². The third kappa shape index (κ3) is 6.34. The summed E-state index contributed by atoms with van der Waals surface area (Å²) in [7, 11) is 3.45. The van der Waals surface area contributed by atoms with Gasteiger partial charge in [-0.05, 0) is 41.1 Å². The van der Waals surface area contributed by atoms with Crippen molar-refractivity contribution in [3.05, 3.63) is 40.6 Å². The molecule has 1 fully saturated rings. The van der Waals surface area contributed by atoms with E-state index in [1.807, 2.05) is 30.9 Å². The number of carbonyl (C=O) groups is 1. The standard InChI is InChI=1S/C22H30N4O2S.HI/c1-15(2)21(27)26-10-9-18(13-26)25-22(23-3)24-12-20-11-17(14-29-20)16-5-7-19(28-4)8-6-16;/h5-8,11,14-15,18H,9-10,12-13H2,1-4H3,(H2,23,24,25);1H. The molecule has 1 unspecified atom stereocenters. The molecule has 2 heterocycles. The number of carbonyl (C=O) groups excluding carboxylic acids is 1. The molecule has 1 saturated heterocycles. The van der Waals surface area contributed by atoms with Gasteiger partial charge in [-0.15, -0.1) is 35.3 Å². The summed E-state index contributed by atoms with van der Waals surface area (Å²) >= 11 is 1.73. The topological polar surface area (TPSA) is 66.0 Å². The molecular weight excluding hydrogens is 511 g/mol. The number of benzene rings is 1. The predicted molar refractivity (Wildman–Crippen MR) is 135 cm³/mol. The summed E-state index contributed by atoms with van der Waals surface area (Å²) < 4.78 is 5.22. The third-order valence-corrected chi connectivity index (χ3v) is 6.00. The maximum atomic E-state index is 12.2. The number of hydrogen-bond donors (Lipinski definition) is 2. The number of hydrogen-bond acceptors (Lipinski definition) is 4. The van der Waals surface area contributed by atoms with Crippen LogP contribution in [0.4, 0.5) is 0 Å². The summed E-state index contributed by atoms with van der Waals surface area (Å²) in [5.74, 6) is 1.90. The van der Waals surface area contributed by atoms with Gasteiger partial charge >= 0.3 is 0 Å². The number of thiophene rings is 1. The molecule has 3 rings (SSSR count). The first-order valence-corrected chi connectivity index (χ1v) is 10.9. The highest BCUT2D eigenvalue weighted by Gasteiger charge is 2.27. The van der Waals surface area contributed by atoms with E-state index in [1.165, 1.54) is 16.0 Å². The minimum Gasteiger partial charge on any atom is -0.497 e. The normalized spacial score (nSPS) is 16.4. The Morgan fingerprint density at radius 1 is 1.30 bits per heavy atom. The molecule has 2 N–H and O–H groups in total. The van der Waals surface area contributed by atoms with Crippen LogP contribution in [0.3, 0.4) is 0 Å². The maximum Gasteiger partial charge on any atom is 0.225 e. The Morgan fingerprint density at radius 3 is 2.67 bits per heavy atom. The molecule has 0 spiro atoms. The Morgan fingerprint density at radius 2 is 2.03 bits per heavy atom. The van der Waals surface area contributed by atoms with E-state index in [2.05, 4.69) is 39.2 Å². The zero-order chi connectivity index (χ0) is 20.8. The highest BCUT2D eigenvalue weighted by molar-refractivity contribution is 14.0. The second-order valence-electron chi connectivity index (χ2n) is 7.52. The number of methoxy groups -OCH3 is 1. The number of nitrogens with one attached hydrogen (secondary N) is 2. The fourth-order valence-electron chi connectivity index (χ4n) is 3.41. The molecule has 0 saturated carbocycles. The third-order valence-electron chi connectivity index (χ3n) is 5.07. The Bertz CT molecular complexity index is 851. The van der Waals surface area contributed by atoms with E-state index in [0.717, 1.165) is 31.2 Å². The molecule has 1 aromatic carbocycles. The van der Waals surface area contributed by atoms with Gasteiger partial charge in [0.1, 0.15) is 5.75 Å². The number of amides is 1. The van der Waals surface area contributed by atoms with Gasteiger partial charge in [0.15, 0.2) is 5.96 Å². The van der Waals surface area contributed by atoms with E-state index in [1.54, 1.807) is 25.5 Å². The molecule has 8 heteroatoms. The molecule has 164 valence electrons. The number of aliphatic imine (C=N–C) groups is 1. The Labute approximate surface area is 200 Å². The van der Waals surface area contributed by atoms with Gasteiger partial charge in [0.05, 0.1) is 13.7 Å². The van der Waals surface area contributed by atoms with E-state index in [0.29, 0.717) is 6.54 Å². The van der Waals surface area contributed by atoms with Gasteiger partial charge in [-0.1, -0.05) is 26.0 Å². The lowest BCUT2D eigenvalue weighted by molar-refractivity contribution is -0.133. The number of likely N-dealkylation sites (tertiary alicyclic amines) is 1. The summed E-state index contributed by atoms with van der Waals surface area (Å²) in [6.45, 7) is 6.15. The first-order chi connectivity index (χ1) is 14.0. The van der Waals surface area contributed by atoms with Crippen molar-refractivity contribution in [3.8, 4) is 16.9 Å². The lowest BCUT2D eigenvalue weighted by Crippen LogP contribution is -2.45. The van der Waals surface area contributed by atoms with Crippen molar-refractivity contribution in [1.82, 2.24) is 15.5 Å². The second kappa shape index (κ2) is 11.5. The number of halogens is 1. The first-order valence-electron chi connectivity index (χ1n) is 9.98. The average molecular weight is 542 g/mol. The number of nitrogens with zero attached hydrogens (tertiary/aromatic N) is 2.